The molecule has 1 N–H and O–H groups in total. The Hall–Kier alpha value is -2.23. The van der Waals surface area contributed by atoms with Gasteiger partial charge in [-0.3, -0.25) is 9.48 Å². The third-order valence-corrected chi connectivity index (χ3v) is 7.21. The van der Waals surface area contributed by atoms with E-state index in [9.17, 15) is 13.2 Å². The second kappa shape index (κ2) is 8.02. The van der Waals surface area contributed by atoms with E-state index in [1.807, 2.05) is 32.0 Å². The number of rotatable bonds is 5. The Bertz CT molecular complexity index is 992. The number of morpholine rings is 1. The van der Waals surface area contributed by atoms with Gasteiger partial charge in [0.15, 0.2) is 0 Å². The van der Waals surface area contributed by atoms with Gasteiger partial charge in [-0.05, 0) is 44.9 Å². The highest BCUT2D eigenvalue weighted by atomic mass is 32.2. The van der Waals surface area contributed by atoms with Crippen molar-refractivity contribution < 1.29 is 17.9 Å². The number of benzene rings is 1. The minimum atomic E-state index is -3.67. The van der Waals surface area contributed by atoms with Gasteiger partial charge in [-0.2, -0.15) is 9.40 Å². The highest BCUT2D eigenvalue weighted by Crippen LogP contribution is 2.24. The number of hydrogen-bond acceptors (Lipinski definition) is 5. The number of aromatic nitrogens is 2. The lowest BCUT2D eigenvalue weighted by atomic mass is 10.1. The molecule has 0 radical (unpaired) electrons. The molecule has 1 aromatic carbocycles. The number of aryl methyl sites for hydroxylation is 2. The monoisotopic (exact) mass is 406 g/mol. The number of nitrogens with zero attached hydrogens (tertiary/aromatic N) is 3. The molecule has 2 heterocycles. The molecule has 1 aliphatic rings. The molecule has 0 unspecified atom stereocenters. The number of anilines is 1. The molecule has 1 saturated heterocycles. The lowest BCUT2D eigenvalue weighted by molar-refractivity contribution is -0.116. The summed E-state index contributed by atoms with van der Waals surface area (Å²) in [6, 6.07) is 5.71. The van der Waals surface area contributed by atoms with Crippen molar-refractivity contribution in [3.63, 3.8) is 0 Å². The average Bonchev–Trinajstić information content (AvgIpc) is 2.93. The Morgan fingerprint density at radius 1 is 1.18 bits per heavy atom. The second-order valence-corrected chi connectivity index (χ2v) is 8.84. The zero-order valence-electron chi connectivity index (χ0n) is 16.7. The summed E-state index contributed by atoms with van der Waals surface area (Å²) < 4.78 is 34.1. The molecule has 0 bridgehead atoms. The summed E-state index contributed by atoms with van der Waals surface area (Å²) in [5, 5.41) is 7.19. The van der Waals surface area contributed by atoms with E-state index < -0.39 is 10.0 Å². The zero-order chi connectivity index (χ0) is 20.5. The average molecular weight is 407 g/mol. The Kier molecular flexibility index (Phi) is 5.87. The Labute approximate surface area is 165 Å². The number of carbonyl (C=O) groups is 1. The van der Waals surface area contributed by atoms with Gasteiger partial charge in [0.2, 0.25) is 15.9 Å². The van der Waals surface area contributed by atoms with Crippen LogP contribution < -0.4 is 5.32 Å². The molecule has 152 valence electrons. The van der Waals surface area contributed by atoms with Crippen molar-refractivity contribution in [2.24, 2.45) is 0 Å². The minimum absolute atomic E-state index is 0.0569. The van der Waals surface area contributed by atoms with E-state index in [0.29, 0.717) is 37.7 Å². The van der Waals surface area contributed by atoms with Crippen molar-refractivity contribution in [2.75, 3.05) is 31.6 Å². The predicted molar refractivity (Wildman–Crippen MR) is 106 cm³/mol. The molecule has 0 atom stereocenters. The van der Waals surface area contributed by atoms with Gasteiger partial charge >= 0.3 is 0 Å². The van der Waals surface area contributed by atoms with Crippen molar-refractivity contribution in [2.45, 2.75) is 39.1 Å². The van der Waals surface area contributed by atoms with Crippen LogP contribution in [0, 0.1) is 27.7 Å². The van der Waals surface area contributed by atoms with Crippen LogP contribution in [-0.4, -0.2) is 54.7 Å². The molecule has 1 aliphatic heterocycles. The fourth-order valence-electron chi connectivity index (χ4n) is 3.34. The topological polar surface area (TPSA) is 93.5 Å². The van der Waals surface area contributed by atoms with Crippen LogP contribution >= 0.6 is 0 Å². The van der Waals surface area contributed by atoms with Gasteiger partial charge < -0.3 is 10.1 Å². The van der Waals surface area contributed by atoms with Crippen molar-refractivity contribution in [1.82, 2.24) is 14.1 Å². The summed E-state index contributed by atoms with van der Waals surface area (Å²) in [7, 11) is -3.67. The maximum Gasteiger partial charge on any atom is 0.246 e. The zero-order valence-corrected chi connectivity index (χ0v) is 17.5. The second-order valence-electron chi connectivity index (χ2n) is 6.97. The summed E-state index contributed by atoms with van der Waals surface area (Å²) in [5.74, 6) is -0.255. The number of sulfonamides is 1. The number of nitrogens with one attached hydrogen (secondary N) is 1. The maximum atomic E-state index is 13.0. The quantitative estimate of drug-likeness (QED) is 0.817. The van der Waals surface area contributed by atoms with Crippen molar-refractivity contribution in [3.05, 3.63) is 40.7 Å². The highest BCUT2D eigenvalue weighted by Gasteiger charge is 2.32. The number of hydrogen-bond donors (Lipinski definition) is 1. The molecule has 28 heavy (non-hydrogen) atoms. The van der Waals surface area contributed by atoms with Gasteiger partial charge in [-0.15, -0.1) is 0 Å². The summed E-state index contributed by atoms with van der Waals surface area (Å²) in [4.78, 5) is 12.7. The first kappa shape index (κ1) is 20.5. The minimum Gasteiger partial charge on any atom is -0.379 e. The van der Waals surface area contributed by atoms with Gasteiger partial charge in [0.05, 0.1) is 24.6 Å². The fourth-order valence-corrected chi connectivity index (χ4v) is 5.12. The summed E-state index contributed by atoms with van der Waals surface area (Å²) in [6.07, 6.45) is 0. The first-order valence-electron chi connectivity index (χ1n) is 9.19. The number of ether oxygens (including phenoxy) is 1. The van der Waals surface area contributed by atoms with E-state index in [2.05, 4.69) is 10.4 Å². The maximum absolute atomic E-state index is 13.0. The van der Waals surface area contributed by atoms with Crippen molar-refractivity contribution >= 4 is 21.6 Å². The molecule has 8 nitrogen and oxygen atoms in total. The molecule has 2 aromatic rings. The van der Waals surface area contributed by atoms with E-state index in [1.165, 1.54) is 8.99 Å². The van der Waals surface area contributed by atoms with Crippen LogP contribution in [0.25, 0.3) is 0 Å². The highest BCUT2D eigenvalue weighted by molar-refractivity contribution is 7.89. The molecule has 1 aromatic heterocycles. The molecule has 3 rings (SSSR count). The van der Waals surface area contributed by atoms with Crippen LogP contribution in [0.5, 0.6) is 0 Å². The molecule has 9 heteroatoms. The molecule has 1 amide bonds. The van der Waals surface area contributed by atoms with E-state index in [-0.39, 0.29) is 17.3 Å². The lowest BCUT2D eigenvalue weighted by Crippen LogP contribution is -2.41. The van der Waals surface area contributed by atoms with Gasteiger partial charge in [0, 0.05) is 18.8 Å². The van der Waals surface area contributed by atoms with E-state index in [4.69, 9.17) is 4.74 Å². The molecular weight excluding hydrogens is 380 g/mol. The third-order valence-electron chi connectivity index (χ3n) is 5.06. The van der Waals surface area contributed by atoms with Crippen LogP contribution in [-0.2, 0) is 26.1 Å². The smallest absolute Gasteiger partial charge is 0.246 e. The third kappa shape index (κ3) is 3.96. The van der Waals surface area contributed by atoms with Crippen molar-refractivity contribution in [3.8, 4) is 0 Å². The standard InChI is InChI=1S/C19H26N4O4S/c1-13-6-5-7-17(14(13)2)20-18(24)12-23-16(4)19(15(3)21-23)28(25,26)22-8-10-27-11-9-22/h5-7H,8-12H2,1-4H3,(H,20,24). The van der Waals surface area contributed by atoms with E-state index in [0.717, 1.165) is 16.8 Å². The lowest BCUT2D eigenvalue weighted by Gasteiger charge is -2.26. The van der Waals surface area contributed by atoms with Crippen LogP contribution in [0.4, 0.5) is 5.69 Å². The number of amides is 1. The van der Waals surface area contributed by atoms with Gasteiger partial charge in [0.25, 0.3) is 0 Å². The van der Waals surface area contributed by atoms with Crippen LogP contribution in [0.2, 0.25) is 0 Å². The predicted octanol–water partition coefficient (Wildman–Crippen LogP) is 1.78. The SMILES string of the molecule is Cc1cccc(NC(=O)Cn2nc(C)c(S(=O)(=O)N3CCOCC3)c2C)c1C. The van der Waals surface area contributed by atoms with E-state index >= 15 is 0 Å². The summed E-state index contributed by atoms with van der Waals surface area (Å²) >= 11 is 0. The van der Waals surface area contributed by atoms with Gasteiger partial charge in [-0.25, -0.2) is 8.42 Å². The Morgan fingerprint density at radius 3 is 2.54 bits per heavy atom. The molecule has 0 aliphatic carbocycles. The van der Waals surface area contributed by atoms with Gasteiger partial charge in [0.1, 0.15) is 11.4 Å². The number of carbonyl (C=O) groups excluding carboxylic acids is 1. The normalized spacial score (nSPS) is 15.6. The molecule has 0 spiro atoms. The van der Waals surface area contributed by atoms with Gasteiger partial charge in [-0.1, -0.05) is 12.1 Å². The van der Waals surface area contributed by atoms with Crippen molar-refractivity contribution in [1.29, 1.82) is 0 Å². The first-order chi connectivity index (χ1) is 13.2. The molecule has 0 saturated carbocycles. The van der Waals surface area contributed by atoms with E-state index in [1.54, 1.807) is 13.8 Å². The Balaban J connectivity index is 1.81. The largest absolute Gasteiger partial charge is 0.379 e. The first-order valence-corrected chi connectivity index (χ1v) is 10.6. The molecular formula is C19H26N4O4S. The van der Waals surface area contributed by atoms with Crippen LogP contribution in [0.15, 0.2) is 23.1 Å². The summed E-state index contributed by atoms with van der Waals surface area (Å²) in [6.45, 7) is 8.60. The molecule has 1 fully saturated rings. The summed E-state index contributed by atoms with van der Waals surface area (Å²) in [5.41, 5.74) is 3.68. The van der Waals surface area contributed by atoms with Crippen LogP contribution in [0.1, 0.15) is 22.5 Å². The Morgan fingerprint density at radius 2 is 1.86 bits per heavy atom. The fraction of sp³-hybridized carbons (Fsp3) is 0.474. The van der Waals surface area contributed by atoms with Crippen LogP contribution in [0.3, 0.4) is 0 Å².